The first kappa shape index (κ1) is 25.9. The van der Waals surface area contributed by atoms with Gasteiger partial charge < -0.3 is 0 Å². The van der Waals surface area contributed by atoms with E-state index in [1.54, 1.807) is 0 Å². The third kappa shape index (κ3) is 3.53. The number of fused-ring (bicyclic) bond motifs is 10. The molecule has 218 valence electrons. The fraction of sp³-hybridized carbons (Fsp3) is 0.0263. The standard InChI is InChI=1S/C38H24N7.Bi.2H/c1-24-20-21-39-37(40-24)34-35-31(44-29-18-10-8-12-25(29)22-33(44)42(35)26-13-4-2-5-14-26)23-32-36(34)43(27-15-6-3-7-16-27)38-41-28-17-9-11-19-30(28)45(32)38;;;/h2-20,22-23H,1H3;;;. The second-order valence-electron chi connectivity index (χ2n) is 11.7. The van der Waals surface area contributed by atoms with Crippen molar-refractivity contribution in [3.05, 3.63) is 133 Å². The van der Waals surface area contributed by atoms with Crippen molar-refractivity contribution in [3.63, 3.8) is 0 Å². The summed E-state index contributed by atoms with van der Waals surface area (Å²) in [6.07, 6.45) is 0. The molecule has 7 nitrogen and oxygen atoms in total. The molecule has 0 spiro atoms. The van der Waals surface area contributed by atoms with Gasteiger partial charge in [-0.15, -0.1) is 0 Å². The number of imidazole rings is 3. The molecule has 0 N–H and O–H groups in total. The summed E-state index contributed by atoms with van der Waals surface area (Å²) >= 11 is 0.572. The molecule has 0 radical (unpaired) electrons. The van der Waals surface area contributed by atoms with Gasteiger partial charge >= 0.3 is 279 Å². The van der Waals surface area contributed by atoms with Crippen molar-refractivity contribution >= 4 is 83.5 Å². The summed E-state index contributed by atoms with van der Waals surface area (Å²) in [6, 6.07) is 44.9. The number of hydrogen-bond acceptors (Lipinski definition) is 3. The van der Waals surface area contributed by atoms with Crippen molar-refractivity contribution in [2.75, 3.05) is 0 Å². The first-order chi connectivity index (χ1) is 22.7. The molecule has 5 aromatic heterocycles. The van der Waals surface area contributed by atoms with Crippen LogP contribution in [0.4, 0.5) is 0 Å². The zero-order chi connectivity index (χ0) is 30.5. The predicted octanol–water partition coefficient (Wildman–Crippen LogP) is 6.81. The third-order valence-electron chi connectivity index (χ3n) is 8.95. The average Bonchev–Trinajstić information content (AvgIpc) is 3.80. The number of nitrogens with zero attached hydrogens (tertiary/aromatic N) is 7. The van der Waals surface area contributed by atoms with E-state index in [0.29, 0.717) is 24.7 Å². The van der Waals surface area contributed by atoms with Gasteiger partial charge in [0.15, 0.2) is 0 Å². The Labute approximate surface area is 277 Å². The summed E-state index contributed by atoms with van der Waals surface area (Å²) in [5.41, 5.74) is 12.6. The van der Waals surface area contributed by atoms with Crippen molar-refractivity contribution in [2.24, 2.45) is 0 Å². The Morgan fingerprint density at radius 1 is 0.543 bits per heavy atom. The summed E-state index contributed by atoms with van der Waals surface area (Å²) < 4.78 is 10.5. The summed E-state index contributed by atoms with van der Waals surface area (Å²) in [5, 5.41) is 1.20. The average molecular weight is 790 g/mol. The molecule has 10 aromatic rings. The molecule has 0 fully saturated rings. The van der Waals surface area contributed by atoms with Crippen LogP contribution in [0.1, 0.15) is 5.69 Å². The molecular formula is C38H26BiN7. The number of aromatic nitrogens is 7. The monoisotopic (exact) mass is 789 g/mol. The topological polar surface area (TPSA) is 57.4 Å². The first-order valence-corrected chi connectivity index (χ1v) is 17.5. The van der Waals surface area contributed by atoms with Crippen LogP contribution < -0.4 is 3.40 Å². The number of hydrogen-bond donors (Lipinski definition) is 0. The molecule has 0 amide bonds. The minimum absolute atomic E-state index is 0.572. The van der Waals surface area contributed by atoms with Crippen LogP contribution in [0, 0.1) is 6.92 Å². The molecule has 0 aliphatic heterocycles. The molecule has 0 unspecified atom stereocenters. The Hall–Kier alpha value is -5.33. The van der Waals surface area contributed by atoms with Gasteiger partial charge in [-0.1, -0.05) is 0 Å². The van der Waals surface area contributed by atoms with Gasteiger partial charge in [0.25, 0.3) is 0 Å². The van der Waals surface area contributed by atoms with Crippen LogP contribution >= 0.6 is 0 Å². The number of rotatable bonds is 3. The summed E-state index contributed by atoms with van der Waals surface area (Å²) in [5.74, 6) is 1.59. The Morgan fingerprint density at radius 3 is 1.93 bits per heavy atom. The first-order valence-electron chi connectivity index (χ1n) is 15.3. The third-order valence-corrected chi connectivity index (χ3v) is 10.1. The minimum atomic E-state index is 0.572. The van der Waals surface area contributed by atoms with E-state index < -0.39 is 0 Å². The number of aryl methyl sites for hydroxylation is 1. The maximum absolute atomic E-state index is 5.24. The number of para-hydroxylation sites is 5. The van der Waals surface area contributed by atoms with E-state index >= 15 is 0 Å². The molecular weight excluding hydrogens is 763 g/mol. The Kier molecular flexibility index (Phi) is 5.41. The van der Waals surface area contributed by atoms with Gasteiger partial charge in [0, 0.05) is 0 Å². The van der Waals surface area contributed by atoms with Crippen LogP contribution in [0.5, 0.6) is 0 Å². The van der Waals surface area contributed by atoms with E-state index in [-0.39, 0.29) is 0 Å². The normalized spacial score (nSPS) is 12.1. The van der Waals surface area contributed by atoms with Gasteiger partial charge in [-0.3, -0.25) is 0 Å². The van der Waals surface area contributed by atoms with Crippen LogP contribution in [0.2, 0.25) is 0 Å². The molecule has 5 heterocycles. The fourth-order valence-corrected chi connectivity index (χ4v) is 8.59. The second kappa shape index (κ2) is 9.59. The Balaban J connectivity index is 1.56. The van der Waals surface area contributed by atoms with E-state index in [1.165, 1.54) is 5.39 Å². The van der Waals surface area contributed by atoms with E-state index in [2.05, 4.69) is 152 Å². The van der Waals surface area contributed by atoms with Crippen LogP contribution in [0.25, 0.3) is 78.2 Å². The van der Waals surface area contributed by atoms with Gasteiger partial charge in [0.05, 0.1) is 0 Å². The maximum atomic E-state index is 5.24. The van der Waals surface area contributed by atoms with Gasteiger partial charge in [0.2, 0.25) is 0 Å². The molecule has 8 heteroatoms. The van der Waals surface area contributed by atoms with Crippen molar-refractivity contribution < 1.29 is 0 Å². The Morgan fingerprint density at radius 2 is 1.17 bits per heavy atom. The van der Waals surface area contributed by atoms with E-state index in [1.807, 2.05) is 0 Å². The molecule has 46 heavy (non-hydrogen) atoms. The summed E-state index contributed by atoms with van der Waals surface area (Å²) in [4.78, 5) is 15.6. The fourth-order valence-electron chi connectivity index (χ4n) is 7.18. The second-order valence-corrected chi connectivity index (χ2v) is 14.0. The molecule has 0 saturated heterocycles. The Bertz CT molecular complexity index is 2630. The molecule has 0 aliphatic carbocycles. The van der Waals surface area contributed by atoms with Crippen LogP contribution in [0.15, 0.2) is 127 Å². The van der Waals surface area contributed by atoms with Gasteiger partial charge in [-0.25, -0.2) is 0 Å². The van der Waals surface area contributed by atoms with Crippen molar-refractivity contribution in [3.8, 4) is 22.8 Å². The van der Waals surface area contributed by atoms with Crippen LogP contribution in [0.3, 0.4) is 0 Å². The number of benzene rings is 5. The van der Waals surface area contributed by atoms with E-state index in [9.17, 15) is 0 Å². The van der Waals surface area contributed by atoms with Gasteiger partial charge in [-0.05, 0) is 0 Å². The summed E-state index contributed by atoms with van der Waals surface area (Å²) in [7, 11) is 0. The molecule has 0 atom stereocenters. The van der Waals surface area contributed by atoms with Gasteiger partial charge in [-0.2, -0.15) is 0 Å². The molecule has 0 bridgehead atoms. The van der Waals surface area contributed by atoms with Crippen LogP contribution in [-0.2, 0) is 0 Å². The zero-order valence-corrected chi connectivity index (χ0v) is 29.3. The van der Waals surface area contributed by atoms with E-state index in [4.69, 9.17) is 15.0 Å². The quantitative estimate of drug-likeness (QED) is 0.185. The molecule has 5 aromatic carbocycles. The summed E-state index contributed by atoms with van der Waals surface area (Å²) in [6.45, 7) is 2.07. The van der Waals surface area contributed by atoms with Crippen molar-refractivity contribution in [1.29, 1.82) is 0 Å². The zero-order valence-electron chi connectivity index (χ0n) is 24.8. The molecule has 10 rings (SSSR count). The SMILES string of the molecule is Cc1c[c]([BiH2])nc(-c2c3c(cc4c2n(-c2ccccc2)c2nc5ccccc5n42)n2c4ccccc4cc2n3-c2ccccc2)n1. The van der Waals surface area contributed by atoms with Crippen molar-refractivity contribution in [2.45, 2.75) is 6.92 Å². The predicted molar refractivity (Wildman–Crippen MR) is 189 cm³/mol. The van der Waals surface area contributed by atoms with E-state index in [0.717, 1.165) is 81.9 Å². The molecule has 0 aliphatic rings. The van der Waals surface area contributed by atoms with Crippen molar-refractivity contribution in [1.82, 2.24) is 32.9 Å². The van der Waals surface area contributed by atoms with Gasteiger partial charge in [0.1, 0.15) is 0 Å². The van der Waals surface area contributed by atoms with Crippen LogP contribution in [-0.4, -0.2) is 57.6 Å². The molecule has 0 saturated carbocycles.